The Bertz CT molecular complexity index is 248. The van der Waals surface area contributed by atoms with E-state index < -0.39 is 0 Å². The molecule has 2 saturated carbocycles. The van der Waals surface area contributed by atoms with Crippen LogP contribution in [0.25, 0.3) is 0 Å². The van der Waals surface area contributed by atoms with Gasteiger partial charge < -0.3 is 11.5 Å². The van der Waals surface area contributed by atoms with Crippen LogP contribution in [-0.4, -0.2) is 11.7 Å². The van der Waals surface area contributed by atoms with E-state index in [4.69, 9.17) is 11.5 Å². The van der Waals surface area contributed by atoms with Crippen LogP contribution in [0.4, 0.5) is 0 Å². The zero-order valence-corrected chi connectivity index (χ0v) is 7.74. The standard InChI is InChI=1S/C9H16N4/c10-9(11)13-12-8-3-1-2-7(8)6-4-5-6/h6-7H,1-5H2,(H4,10,11,13)/b12-8-. The molecular weight excluding hydrogens is 164 g/mol. The summed E-state index contributed by atoms with van der Waals surface area (Å²) in [6, 6.07) is 0. The highest BCUT2D eigenvalue weighted by Crippen LogP contribution is 2.43. The summed E-state index contributed by atoms with van der Waals surface area (Å²) in [5.41, 5.74) is 11.7. The second-order valence-electron chi connectivity index (χ2n) is 3.95. The molecule has 4 heteroatoms. The van der Waals surface area contributed by atoms with Crippen LogP contribution in [0.1, 0.15) is 32.1 Å². The first-order valence-electron chi connectivity index (χ1n) is 4.92. The van der Waals surface area contributed by atoms with E-state index in [1.165, 1.54) is 31.4 Å². The van der Waals surface area contributed by atoms with Crippen LogP contribution in [0, 0.1) is 11.8 Å². The van der Waals surface area contributed by atoms with Gasteiger partial charge in [0.1, 0.15) is 0 Å². The topological polar surface area (TPSA) is 76.8 Å². The lowest BCUT2D eigenvalue weighted by atomic mass is 10.0. The van der Waals surface area contributed by atoms with Gasteiger partial charge >= 0.3 is 0 Å². The smallest absolute Gasteiger partial charge is 0.211 e. The average molecular weight is 180 g/mol. The molecule has 1 unspecified atom stereocenters. The molecule has 0 bridgehead atoms. The van der Waals surface area contributed by atoms with Gasteiger partial charge in [-0.3, -0.25) is 0 Å². The third kappa shape index (κ3) is 1.99. The minimum atomic E-state index is 0.0638. The Kier molecular flexibility index (Phi) is 2.20. The molecule has 13 heavy (non-hydrogen) atoms. The average Bonchev–Trinajstić information content (AvgIpc) is 2.82. The lowest BCUT2D eigenvalue weighted by Gasteiger charge is -2.06. The van der Waals surface area contributed by atoms with Crippen LogP contribution in [0.2, 0.25) is 0 Å². The SMILES string of the molecule is NC(N)=N/N=C1/CCCC1C1CC1. The van der Waals surface area contributed by atoms with E-state index in [1.807, 2.05) is 0 Å². The molecule has 0 radical (unpaired) electrons. The molecule has 0 amide bonds. The summed E-state index contributed by atoms with van der Waals surface area (Å²) in [4.78, 5) is 0. The van der Waals surface area contributed by atoms with Gasteiger partial charge in [0.25, 0.3) is 0 Å². The van der Waals surface area contributed by atoms with E-state index in [0.717, 1.165) is 12.3 Å². The molecule has 4 N–H and O–H groups in total. The fourth-order valence-electron chi connectivity index (χ4n) is 2.11. The van der Waals surface area contributed by atoms with Crippen molar-refractivity contribution in [3.63, 3.8) is 0 Å². The van der Waals surface area contributed by atoms with E-state index in [-0.39, 0.29) is 5.96 Å². The number of hydrogen-bond donors (Lipinski definition) is 2. The third-order valence-corrected chi connectivity index (χ3v) is 2.86. The van der Waals surface area contributed by atoms with Gasteiger partial charge in [0, 0.05) is 11.6 Å². The lowest BCUT2D eigenvalue weighted by molar-refractivity contribution is 0.588. The van der Waals surface area contributed by atoms with Crippen LogP contribution < -0.4 is 11.5 Å². The molecule has 0 spiro atoms. The normalized spacial score (nSPS) is 30.8. The molecule has 2 fully saturated rings. The first kappa shape index (κ1) is 8.53. The Hall–Kier alpha value is -1.06. The molecule has 2 aliphatic carbocycles. The number of rotatable bonds is 2. The molecule has 72 valence electrons. The van der Waals surface area contributed by atoms with Crippen molar-refractivity contribution in [2.45, 2.75) is 32.1 Å². The van der Waals surface area contributed by atoms with E-state index in [0.29, 0.717) is 5.92 Å². The van der Waals surface area contributed by atoms with Crippen molar-refractivity contribution >= 4 is 11.7 Å². The predicted octanol–water partition coefficient (Wildman–Crippen LogP) is 0.826. The van der Waals surface area contributed by atoms with Crippen LogP contribution in [-0.2, 0) is 0 Å². The Morgan fingerprint density at radius 1 is 1.23 bits per heavy atom. The summed E-state index contributed by atoms with van der Waals surface area (Å²) in [7, 11) is 0. The largest absolute Gasteiger partial charge is 0.369 e. The number of hydrogen-bond acceptors (Lipinski definition) is 2. The van der Waals surface area contributed by atoms with E-state index in [2.05, 4.69) is 10.2 Å². The summed E-state index contributed by atoms with van der Waals surface area (Å²) < 4.78 is 0. The molecule has 0 aromatic carbocycles. The first-order chi connectivity index (χ1) is 6.27. The maximum Gasteiger partial charge on any atom is 0.211 e. The molecule has 0 aromatic heterocycles. The molecule has 2 rings (SSSR count). The van der Waals surface area contributed by atoms with Gasteiger partial charge in [-0.05, 0) is 38.0 Å². The molecule has 4 nitrogen and oxygen atoms in total. The van der Waals surface area contributed by atoms with Crippen molar-refractivity contribution in [1.82, 2.24) is 0 Å². The fourth-order valence-corrected chi connectivity index (χ4v) is 2.11. The van der Waals surface area contributed by atoms with E-state index >= 15 is 0 Å². The fraction of sp³-hybridized carbons (Fsp3) is 0.778. The first-order valence-corrected chi connectivity index (χ1v) is 4.92. The third-order valence-electron chi connectivity index (χ3n) is 2.86. The van der Waals surface area contributed by atoms with Gasteiger partial charge in [0.05, 0.1) is 0 Å². The van der Waals surface area contributed by atoms with Crippen LogP contribution >= 0.6 is 0 Å². The molecule has 1 atom stereocenters. The maximum atomic E-state index is 5.23. The van der Waals surface area contributed by atoms with Crippen LogP contribution in [0.3, 0.4) is 0 Å². The second-order valence-corrected chi connectivity index (χ2v) is 3.95. The van der Waals surface area contributed by atoms with Crippen LogP contribution in [0.15, 0.2) is 10.2 Å². The minimum Gasteiger partial charge on any atom is -0.369 e. The zero-order chi connectivity index (χ0) is 9.26. The second kappa shape index (κ2) is 3.36. The molecular formula is C9H16N4. The van der Waals surface area contributed by atoms with Crippen molar-refractivity contribution in [2.24, 2.45) is 33.5 Å². The van der Waals surface area contributed by atoms with Crippen molar-refractivity contribution in [2.75, 3.05) is 0 Å². The van der Waals surface area contributed by atoms with Gasteiger partial charge in [-0.1, -0.05) is 0 Å². The quantitative estimate of drug-likeness (QED) is 0.375. The maximum absolute atomic E-state index is 5.23. The Morgan fingerprint density at radius 3 is 2.62 bits per heavy atom. The minimum absolute atomic E-state index is 0.0638. The number of guanidine groups is 1. The molecule has 0 aromatic rings. The molecule has 0 saturated heterocycles. The Morgan fingerprint density at radius 2 is 2.00 bits per heavy atom. The van der Waals surface area contributed by atoms with Gasteiger partial charge in [-0.2, -0.15) is 5.10 Å². The van der Waals surface area contributed by atoms with Crippen molar-refractivity contribution in [3.05, 3.63) is 0 Å². The van der Waals surface area contributed by atoms with Gasteiger partial charge in [-0.25, -0.2) is 0 Å². The van der Waals surface area contributed by atoms with E-state index in [1.54, 1.807) is 0 Å². The summed E-state index contributed by atoms with van der Waals surface area (Å²) in [6.07, 6.45) is 6.35. The Balaban J connectivity index is 2.03. The highest BCUT2D eigenvalue weighted by Gasteiger charge is 2.36. The highest BCUT2D eigenvalue weighted by atomic mass is 15.3. The van der Waals surface area contributed by atoms with Crippen LogP contribution in [0.5, 0.6) is 0 Å². The monoisotopic (exact) mass is 180 g/mol. The molecule has 0 aliphatic heterocycles. The molecule has 2 aliphatic rings. The predicted molar refractivity (Wildman–Crippen MR) is 53.3 cm³/mol. The lowest BCUT2D eigenvalue weighted by Crippen LogP contribution is -2.22. The van der Waals surface area contributed by atoms with E-state index in [9.17, 15) is 0 Å². The summed E-state index contributed by atoms with van der Waals surface area (Å²) in [5.74, 6) is 1.63. The van der Waals surface area contributed by atoms with Crippen molar-refractivity contribution in [3.8, 4) is 0 Å². The van der Waals surface area contributed by atoms with Crippen molar-refractivity contribution < 1.29 is 0 Å². The summed E-state index contributed by atoms with van der Waals surface area (Å²) >= 11 is 0. The zero-order valence-electron chi connectivity index (χ0n) is 7.74. The van der Waals surface area contributed by atoms with Crippen molar-refractivity contribution in [1.29, 1.82) is 0 Å². The molecule has 0 heterocycles. The van der Waals surface area contributed by atoms with Gasteiger partial charge in [-0.15, -0.1) is 5.10 Å². The van der Waals surface area contributed by atoms with Gasteiger partial charge in [0.15, 0.2) is 0 Å². The number of nitrogens with zero attached hydrogens (tertiary/aromatic N) is 2. The summed E-state index contributed by atoms with van der Waals surface area (Å²) in [6.45, 7) is 0. The van der Waals surface area contributed by atoms with Gasteiger partial charge in [0.2, 0.25) is 5.96 Å². The number of nitrogens with two attached hydrogens (primary N) is 2. The Labute approximate surface area is 78.1 Å². The summed E-state index contributed by atoms with van der Waals surface area (Å²) in [5, 5.41) is 7.85. The highest BCUT2D eigenvalue weighted by molar-refractivity contribution is 5.89.